The van der Waals surface area contributed by atoms with Gasteiger partial charge < -0.3 is 26.4 Å². The number of carbonyl (C=O) groups is 1. The molecule has 0 spiro atoms. The van der Waals surface area contributed by atoms with Gasteiger partial charge in [-0.1, -0.05) is 0 Å². The average Bonchev–Trinajstić information content (AvgIpc) is 3.27. The van der Waals surface area contributed by atoms with Crippen LogP contribution < -0.4 is 11.5 Å². The van der Waals surface area contributed by atoms with Crippen LogP contribution in [0.4, 0.5) is 5.82 Å². The molecule has 17 nitrogen and oxygen atoms in total. The van der Waals surface area contributed by atoms with E-state index in [1.165, 1.54) is 10.9 Å². The Morgan fingerprint density at radius 3 is 2.63 bits per heavy atom. The Bertz CT molecular complexity index is 1290. The number of imidazole rings is 1. The van der Waals surface area contributed by atoms with E-state index in [0.29, 0.717) is 5.75 Å². The second kappa shape index (κ2) is 10.4. The van der Waals surface area contributed by atoms with Gasteiger partial charge in [0.1, 0.15) is 47.7 Å². The molecule has 6 atom stereocenters. The molecule has 0 aromatic carbocycles. The number of nitrogens with two attached hydrogens (primary N) is 2. The lowest BCUT2D eigenvalue weighted by Gasteiger charge is -2.19. The highest BCUT2D eigenvalue weighted by Crippen LogP contribution is 2.35. The molecule has 2 aromatic rings. The van der Waals surface area contributed by atoms with Gasteiger partial charge in [-0.2, -0.15) is 16.8 Å². The number of hydrogen-bond donors (Lipinski definition) is 5. The lowest BCUT2D eigenvalue weighted by molar-refractivity contribution is -0.138. The third-order valence-electron chi connectivity index (χ3n) is 4.91. The molecule has 1 fully saturated rings. The minimum atomic E-state index is -5.45. The average molecular weight is 560 g/mol. The van der Waals surface area contributed by atoms with Crippen LogP contribution in [-0.4, -0.2) is 99.2 Å². The summed E-state index contributed by atoms with van der Waals surface area (Å²) in [5.74, 6) is -0.750. The monoisotopic (exact) mass is 559 g/mol. The van der Waals surface area contributed by atoms with Gasteiger partial charge in [-0.25, -0.2) is 19.1 Å². The van der Waals surface area contributed by atoms with Crippen LogP contribution >= 0.6 is 0 Å². The van der Waals surface area contributed by atoms with Gasteiger partial charge >= 0.3 is 26.8 Å². The summed E-state index contributed by atoms with van der Waals surface area (Å²) in [7, 11) is -11.4. The summed E-state index contributed by atoms with van der Waals surface area (Å²) < 4.78 is 70.0. The zero-order valence-electron chi connectivity index (χ0n) is 17.9. The maximum Gasteiger partial charge on any atom is 0.416 e. The number of ether oxygens (including phenoxy) is 1. The van der Waals surface area contributed by atoms with Crippen LogP contribution in [0.3, 0.4) is 0 Å². The Kier molecular flexibility index (Phi) is 8.18. The number of rotatable bonds is 11. The number of aliphatic hydroxyl groups excluding tert-OH is 1. The number of nitrogens with zero attached hydrogens (tertiary/aromatic N) is 4. The summed E-state index contributed by atoms with van der Waals surface area (Å²) in [6, 6.07) is -1.11. The van der Waals surface area contributed by atoms with Crippen molar-refractivity contribution in [2.24, 2.45) is 5.73 Å². The maximum absolute atomic E-state index is 12.0. The standard InChI is InChI=1S/C15H22N6O11S3/c1-33(3-2-7(16)15(23)24)4-8-11(31-35(28,29)32-34(25,26)27)10(22)14(30-8)21-6-20-9-12(17)18-5-19-13(9)21/h5-8,10-11,14,22H,2-4,16H2,1H3,(H3-,17,18,19,23,24,25,26,27)/p+1. The molecule has 7 N–H and O–H groups in total. The van der Waals surface area contributed by atoms with Crippen molar-refractivity contribution in [1.82, 2.24) is 19.5 Å². The number of carboxylic acid groups (broad SMARTS) is 1. The van der Waals surface area contributed by atoms with Crippen molar-refractivity contribution in [3.05, 3.63) is 12.7 Å². The van der Waals surface area contributed by atoms with Gasteiger partial charge in [0.05, 0.1) is 12.6 Å². The molecular formula is C15H23N6O11S3+. The topological polar surface area (TPSA) is 269 Å². The molecule has 196 valence electrons. The molecule has 1 aliphatic rings. The maximum atomic E-state index is 12.0. The van der Waals surface area contributed by atoms with Crippen LogP contribution in [0, 0.1) is 0 Å². The molecule has 1 aliphatic heterocycles. The molecule has 1 saturated heterocycles. The fraction of sp³-hybridized carbons (Fsp3) is 0.600. The van der Waals surface area contributed by atoms with Crippen molar-refractivity contribution >= 4 is 54.6 Å². The van der Waals surface area contributed by atoms with Crippen LogP contribution in [0.2, 0.25) is 0 Å². The Morgan fingerprint density at radius 2 is 2.00 bits per heavy atom. The van der Waals surface area contributed by atoms with E-state index >= 15 is 0 Å². The summed E-state index contributed by atoms with van der Waals surface area (Å²) in [4.78, 5) is 22.8. The number of nitrogen functional groups attached to an aromatic ring is 1. The Balaban J connectivity index is 1.87. The van der Waals surface area contributed by atoms with E-state index in [9.17, 15) is 26.7 Å². The van der Waals surface area contributed by atoms with Crippen molar-refractivity contribution in [2.45, 2.75) is 37.0 Å². The third kappa shape index (κ3) is 6.74. The first-order valence-corrected chi connectivity index (χ1v) is 14.3. The second-order valence-corrected chi connectivity index (χ2v) is 12.2. The van der Waals surface area contributed by atoms with E-state index in [4.69, 9.17) is 30.0 Å². The lowest BCUT2D eigenvalue weighted by atomic mass is 10.1. The number of aliphatic hydroxyl groups is 1. The summed E-state index contributed by atoms with van der Waals surface area (Å²) in [6.45, 7) is 0. The van der Waals surface area contributed by atoms with Gasteiger partial charge in [0.2, 0.25) is 0 Å². The lowest BCUT2D eigenvalue weighted by Crippen LogP contribution is -2.41. The highest BCUT2D eigenvalue weighted by atomic mass is 32.3. The first-order chi connectivity index (χ1) is 16.2. The molecule has 0 amide bonds. The van der Waals surface area contributed by atoms with E-state index in [-0.39, 0.29) is 29.2 Å². The van der Waals surface area contributed by atoms with Crippen LogP contribution in [0.1, 0.15) is 12.6 Å². The number of fused-ring (bicyclic) bond motifs is 1. The van der Waals surface area contributed by atoms with E-state index in [0.717, 1.165) is 6.33 Å². The van der Waals surface area contributed by atoms with Crippen LogP contribution in [-0.2, 0) is 49.0 Å². The van der Waals surface area contributed by atoms with Gasteiger partial charge in [-0.3, -0.25) is 13.9 Å². The minimum Gasteiger partial charge on any atom is -0.480 e. The second-order valence-electron chi connectivity index (χ2n) is 7.49. The summed E-state index contributed by atoms with van der Waals surface area (Å²) >= 11 is 0. The highest BCUT2D eigenvalue weighted by Gasteiger charge is 2.51. The zero-order chi connectivity index (χ0) is 26.1. The molecule has 2 aromatic heterocycles. The van der Waals surface area contributed by atoms with Crippen LogP contribution in [0.15, 0.2) is 12.7 Å². The molecular weight excluding hydrogens is 536 g/mol. The molecule has 35 heavy (non-hydrogen) atoms. The van der Waals surface area contributed by atoms with E-state index in [2.05, 4.69) is 18.6 Å². The SMILES string of the molecule is C[S+](CCC(N)C(=O)O)CC1OC(n2cnc3c(N)ncnc32)C(O)C1OS(=O)(=O)OS(=O)(=O)O. The predicted molar refractivity (Wildman–Crippen MR) is 119 cm³/mol. The minimum absolute atomic E-state index is 0.0413. The Hall–Kier alpha value is -2.17. The molecule has 3 rings (SSSR count). The number of anilines is 1. The Labute approximate surface area is 202 Å². The fourth-order valence-corrected chi connectivity index (χ4v) is 6.46. The predicted octanol–water partition coefficient (Wildman–Crippen LogP) is -2.83. The van der Waals surface area contributed by atoms with Crippen molar-refractivity contribution in [1.29, 1.82) is 0 Å². The smallest absolute Gasteiger partial charge is 0.416 e. The third-order valence-corrected chi connectivity index (χ3v) is 8.55. The molecule has 0 radical (unpaired) electrons. The van der Waals surface area contributed by atoms with Crippen molar-refractivity contribution < 1.29 is 48.9 Å². The molecule has 0 bridgehead atoms. The van der Waals surface area contributed by atoms with Gasteiger partial charge in [0, 0.05) is 6.42 Å². The van der Waals surface area contributed by atoms with Gasteiger partial charge in [-0.05, 0) is 10.9 Å². The van der Waals surface area contributed by atoms with E-state index < -0.39 is 68.2 Å². The molecule has 20 heteroatoms. The van der Waals surface area contributed by atoms with Crippen molar-refractivity contribution in [3.63, 3.8) is 0 Å². The van der Waals surface area contributed by atoms with Gasteiger partial charge in [0.25, 0.3) is 0 Å². The zero-order valence-corrected chi connectivity index (χ0v) is 20.4. The van der Waals surface area contributed by atoms with Crippen LogP contribution in [0.5, 0.6) is 0 Å². The highest BCUT2D eigenvalue weighted by molar-refractivity contribution is 7.96. The molecule has 0 aliphatic carbocycles. The normalized spacial score (nSPS) is 25.0. The Morgan fingerprint density at radius 1 is 1.31 bits per heavy atom. The first kappa shape index (κ1) is 27.4. The number of aliphatic carboxylic acids is 1. The molecule has 3 heterocycles. The fourth-order valence-electron chi connectivity index (χ4n) is 3.33. The van der Waals surface area contributed by atoms with Gasteiger partial charge in [-0.15, -0.1) is 3.63 Å². The van der Waals surface area contributed by atoms with Crippen LogP contribution in [0.25, 0.3) is 11.2 Å². The summed E-state index contributed by atoms with van der Waals surface area (Å²) in [6.07, 6.45) is -1.64. The molecule has 6 unspecified atom stereocenters. The quantitative estimate of drug-likeness (QED) is 0.137. The first-order valence-electron chi connectivity index (χ1n) is 9.64. The number of aromatic nitrogens is 4. The number of carboxylic acids is 1. The summed E-state index contributed by atoms with van der Waals surface area (Å²) in [5, 5.41) is 19.8. The van der Waals surface area contributed by atoms with Crippen molar-refractivity contribution in [3.8, 4) is 0 Å². The van der Waals surface area contributed by atoms with Gasteiger partial charge in [0.15, 0.2) is 17.7 Å². The summed E-state index contributed by atoms with van der Waals surface area (Å²) in [5.41, 5.74) is 11.6. The van der Waals surface area contributed by atoms with Crippen molar-refractivity contribution in [2.75, 3.05) is 23.5 Å². The molecule has 0 saturated carbocycles. The van der Waals surface area contributed by atoms with E-state index in [1.54, 1.807) is 6.26 Å². The van der Waals surface area contributed by atoms with E-state index in [1.807, 2.05) is 0 Å². The number of hydrogen-bond acceptors (Lipinski definition) is 14. The largest absolute Gasteiger partial charge is 0.480 e.